The lowest BCUT2D eigenvalue weighted by Gasteiger charge is -2.18. The number of nitrogens with two attached hydrogens (primary N) is 1. The molecule has 11 heteroatoms. The number of carbonyl (C=O) groups is 1. The quantitative estimate of drug-likeness (QED) is 0.383. The number of ether oxygens (including phenoxy) is 2. The average Bonchev–Trinajstić information content (AvgIpc) is 3.12. The molecule has 164 valence electrons. The third-order valence-electron chi connectivity index (χ3n) is 4.35. The summed E-state index contributed by atoms with van der Waals surface area (Å²) in [7, 11) is 3.15. The Kier molecular flexibility index (Phi) is 7.59. The van der Waals surface area contributed by atoms with Gasteiger partial charge in [-0.25, -0.2) is 9.07 Å². The second kappa shape index (κ2) is 10.4. The normalized spacial score (nSPS) is 10.7. The van der Waals surface area contributed by atoms with Crippen LogP contribution in [-0.4, -0.2) is 45.6 Å². The SMILES string of the molecule is COc1cccc(OCc2nnc(SCC(=O)N(C)Cc3c(F)cccc3Cl)n2N)c1. The number of nitrogen functional groups attached to an aromatic ring is 1. The third-order valence-corrected chi connectivity index (χ3v) is 5.63. The van der Waals surface area contributed by atoms with E-state index in [1.165, 1.54) is 21.7 Å². The highest BCUT2D eigenvalue weighted by Crippen LogP contribution is 2.22. The van der Waals surface area contributed by atoms with E-state index in [0.717, 1.165) is 11.8 Å². The summed E-state index contributed by atoms with van der Waals surface area (Å²) in [5.74, 6) is 7.04. The zero-order valence-corrected chi connectivity index (χ0v) is 18.5. The van der Waals surface area contributed by atoms with Crippen LogP contribution < -0.4 is 15.3 Å². The van der Waals surface area contributed by atoms with E-state index in [1.54, 1.807) is 44.5 Å². The molecule has 0 aliphatic carbocycles. The van der Waals surface area contributed by atoms with Gasteiger partial charge in [0.1, 0.15) is 23.9 Å². The minimum Gasteiger partial charge on any atom is -0.497 e. The topological polar surface area (TPSA) is 95.5 Å². The summed E-state index contributed by atoms with van der Waals surface area (Å²) >= 11 is 7.15. The van der Waals surface area contributed by atoms with Gasteiger partial charge >= 0.3 is 0 Å². The van der Waals surface area contributed by atoms with E-state index in [1.807, 2.05) is 0 Å². The smallest absolute Gasteiger partial charge is 0.233 e. The second-order valence-electron chi connectivity index (χ2n) is 6.48. The molecule has 0 saturated heterocycles. The number of benzene rings is 2. The van der Waals surface area contributed by atoms with Gasteiger partial charge in [-0.1, -0.05) is 35.5 Å². The fourth-order valence-corrected chi connectivity index (χ4v) is 3.63. The van der Waals surface area contributed by atoms with Crippen LogP contribution in [0.25, 0.3) is 0 Å². The Bertz CT molecular complexity index is 1040. The van der Waals surface area contributed by atoms with Crippen LogP contribution in [0.5, 0.6) is 11.5 Å². The van der Waals surface area contributed by atoms with Crippen LogP contribution in [0.3, 0.4) is 0 Å². The van der Waals surface area contributed by atoms with Gasteiger partial charge in [-0.15, -0.1) is 10.2 Å². The lowest BCUT2D eigenvalue weighted by atomic mass is 10.2. The largest absolute Gasteiger partial charge is 0.497 e. The van der Waals surface area contributed by atoms with Gasteiger partial charge in [-0.2, -0.15) is 0 Å². The summed E-state index contributed by atoms with van der Waals surface area (Å²) in [5.41, 5.74) is 0.268. The van der Waals surface area contributed by atoms with E-state index in [0.29, 0.717) is 22.5 Å². The number of thioether (sulfide) groups is 1. The van der Waals surface area contributed by atoms with E-state index >= 15 is 0 Å². The molecule has 3 aromatic rings. The zero-order chi connectivity index (χ0) is 22.4. The summed E-state index contributed by atoms with van der Waals surface area (Å²) in [6.07, 6.45) is 0. The molecule has 0 bridgehead atoms. The van der Waals surface area contributed by atoms with Crippen molar-refractivity contribution in [2.75, 3.05) is 25.8 Å². The summed E-state index contributed by atoms with van der Waals surface area (Å²) in [4.78, 5) is 13.8. The van der Waals surface area contributed by atoms with Gasteiger partial charge in [-0.3, -0.25) is 4.79 Å². The van der Waals surface area contributed by atoms with Crippen LogP contribution in [0.2, 0.25) is 5.02 Å². The standard InChI is InChI=1S/C20H21ClFN5O3S/c1-26(10-15-16(21)7-4-8-17(15)22)19(28)12-31-20-25-24-18(27(20)23)11-30-14-6-3-5-13(9-14)29-2/h3-9H,10-12,23H2,1-2H3. The van der Waals surface area contributed by atoms with Crippen molar-refractivity contribution in [3.05, 3.63) is 64.7 Å². The molecule has 8 nitrogen and oxygen atoms in total. The van der Waals surface area contributed by atoms with Crippen molar-refractivity contribution in [3.8, 4) is 11.5 Å². The zero-order valence-electron chi connectivity index (χ0n) is 16.9. The third kappa shape index (κ3) is 5.80. The van der Waals surface area contributed by atoms with Gasteiger partial charge in [0, 0.05) is 30.2 Å². The van der Waals surface area contributed by atoms with Crippen LogP contribution >= 0.6 is 23.4 Å². The second-order valence-corrected chi connectivity index (χ2v) is 7.82. The summed E-state index contributed by atoms with van der Waals surface area (Å²) in [5, 5.41) is 8.63. The van der Waals surface area contributed by atoms with Crippen molar-refractivity contribution >= 4 is 29.3 Å². The monoisotopic (exact) mass is 465 g/mol. The van der Waals surface area contributed by atoms with Crippen LogP contribution in [0.15, 0.2) is 47.6 Å². The van der Waals surface area contributed by atoms with Crippen molar-refractivity contribution in [1.29, 1.82) is 0 Å². The Labute approximate surface area is 188 Å². The van der Waals surface area contributed by atoms with Crippen LogP contribution in [0.1, 0.15) is 11.4 Å². The fraction of sp³-hybridized carbons (Fsp3) is 0.250. The summed E-state index contributed by atoms with van der Waals surface area (Å²) in [6, 6.07) is 11.5. The molecule has 0 fully saturated rings. The fourth-order valence-electron chi connectivity index (χ4n) is 2.59. The van der Waals surface area contributed by atoms with E-state index in [9.17, 15) is 9.18 Å². The van der Waals surface area contributed by atoms with Crippen molar-refractivity contribution in [3.63, 3.8) is 0 Å². The molecule has 1 aromatic heterocycles. The first-order valence-electron chi connectivity index (χ1n) is 9.15. The molecular weight excluding hydrogens is 445 g/mol. The Morgan fingerprint density at radius 3 is 2.74 bits per heavy atom. The van der Waals surface area contributed by atoms with E-state index < -0.39 is 5.82 Å². The first-order chi connectivity index (χ1) is 14.9. The van der Waals surface area contributed by atoms with Gasteiger partial charge in [0.2, 0.25) is 11.1 Å². The minimum absolute atomic E-state index is 0.0502. The Morgan fingerprint density at radius 2 is 2.00 bits per heavy atom. The number of hydrogen-bond donors (Lipinski definition) is 1. The maximum atomic E-state index is 13.9. The molecule has 0 saturated carbocycles. The maximum Gasteiger partial charge on any atom is 0.233 e. The molecule has 31 heavy (non-hydrogen) atoms. The Morgan fingerprint density at radius 1 is 1.26 bits per heavy atom. The average molecular weight is 466 g/mol. The maximum absolute atomic E-state index is 13.9. The van der Waals surface area contributed by atoms with Crippen molar-refractivity contribution in [1.82, 2.24) is 19.8 Å². The number of aromatic nitrogens is 3. The highest BCUT2D eigenvalue weighted by molar-refractivity contribution is 7.99. The Balaban J connectivity index is 1.54. The van der Waals surface area contributed by atoms with Crippen LogP contribution in [0, 0.1) is 5.82 Å². The van der Waals surface area contributed by atoms with E-state index in [4.69, 9.17) is 26.9 Å². The lowest BCUT2D eigenvalue weighted by Crippen LogP contribution is -2.28. The van der Waals surface area contributed by atoms with Gasteiger partial charge in [-0.05, 0) is 24.3 Å². The predicted octanol–water partition coefficient (Wildman–Crippen LogP) is 3.12. The molecule has 1 heterocycles. The van der Waals surface area contributed by atoms with E-state index in [-0.39, 0.29) is 35.4 Å². The Hall–Kier alpha value is -2.98. The summed E-state index contributed by atoms with van der Waals surface area (Å²) in [6.45, 7) is 0.150. The molecule has 2 N–H and O–H groups in total. The molecular formula is C20H21ClFN5O3S. The molecule has 0 aliphatic rings. The summed E-state index contributed by atoms with van der Waals surface area (Å²) < 4.78 is 26.0. The van der Waals surface area contributed by atoms with E-state index in [2.05, 4.69) is 10.2 Å². The van der Waals surface area contributed by atoms with Gasteiger partial charge < -0.3 is 20.2 Å². The van der Waals surface area contributed by atoms with Crippen molar-refractivity contribution < 1.29 is 18.7 Å². The van der Waals surface area contributed by atoms with Gasteiger partial charge in [0.05, 0.1) is 12.9 Å². The molecule has 1 amide bonds. The highest BCUT2D eigenvalue weighted by Gasteiger charge is 2.17. The van der Waals surface area contributed by atoms with Crippen LogP contribution in [-0.2, 0) is 17.9 Å². The van der Waals surface area contributed by atoms with Crippen LogP contribution in [0.4, 0.5) is 4.39 Å². The highest BCUT2D eigenvalue weighted by atomic mass is 35.5. The number of hydrogen-bond acceptors (Lipinski definition) is 7. The predicted molar refractivity (Wildman–Crippen MR) is 116 cm³/mol. The molecule has 3 rings (SSSR count). The molecule has 0 unspecified atom stereocenters. The molecule has 0 atom stereocenters. The van der Waals surface area contributed by atoms with Crippen molar-refractivity contribution in [2.24, 2.45) is 0 Å². The van der Waals surface area contributed by atoms with Gasteiger partial charge in [0.15, 0.2) is 5.82 Å². The first kappa shape index (κ1) is 22.7. The number of nitrogens with zero attached hydrogens (tertiary/aromatic N) is 4. The lowest BCUT2D eigenvalue weighted by molar-refractivity contribution is -0.127. The van der Waals surface area contributed by atoms with Crippen molar-refractivity contribution in [2.45, 2.75) is 18.3 Å². The molecule has 0 spiro atoms. The number of rotatable bonds is 9. The molecule has 0 aliphatic heterocycles. The first-order valence-corrected chi connectivity index (χ1v) is 10.5. The minimum atomic E-state index is -0.456. The molecule has 0 radical (unpaired) electrons. The number of amides is 1. The number of halogens is 2. The number of methoxy groups -OCH3 is 1. The molecule has 2 aromatic carbocycles. The number of carbonyl (C=O) groups excluding carboxylic acids is 1. The van der Waals surface area contributed by atoms with Gasteiger partial charge in [0.25, 0.3) is 0 Å².